The van der Waals surface area contributed by atoms with E-state index in [4.69, 9.17) is 5.73 Å². The van der Waals surface area contributed by atoms with Crippen molar-refractivity contribution in [3.8, 4) is 0 Å². The maximum absolute atomic E-state index is 12.0. The third kappa shape index (κ3) is 4.57. The van der Waals surface area contributed by atoms with Gasteiger partial charge in [0.15, 0.2) is 5.78 Å². The van der Waals surface area contributed by atoms with E-state index in [1.807, 2.05) is 6.92 Å². The molecular weight excluding hydrogens is 212 g/mol. The van der Waals surface area contributed by atoms with Crippen molar-refractivity contribution >= 4 is 11.5 Å². The van der Waals surface area contributed by atoms with Crippen molar-refractivity contribution in [1.82, 2.24) is 5.32 Å². The number of unbranched alkanes of at least 4 members (excludes halogenated alkanes) is 2. The van der Waals surface area contributed by atoms with Crippen molar-refractivity contribution in [2.75, 3.05) is 12.3 Å². The van der Waals surface area contributed by atoms with Crippen LogP contribution in [-0.4, -0.2) is 18.4 Å². The molecule has 0 aromatic heterocycles. The summed E-state index contributed by atoms with van der Waals surface area (Å²) in [5, 5.41) is 3.25. The van der Waals surface area contributed by atoms with E-state index in [0.717, 1.165) is 18.5 Å². The number of benzene rings is 1. The van der Waals surface area contributed by atoms with Crippen molar-refractivity contribution in [1.29, 1.82) is 0 Å². The molecule has 0 saturated carbocycles. The summed E-state index contributed by atoms with van der Waals surface area (Å²) in [5.41, 5.74) is 6.99. The van der Waals surface area contributed by atoms with Crippen LogP contribution in [0.1, 0.15) is 43.5 Å². The highest BCUT2D eigenvalue weighted by Gasteiger charge is 2.13. The molecule has 3 heteroatoms. The van der Waals surface area contributed by atoms with Crippen molar-refractivity contribution in [3.63, 3.8) is 0 Å². The van der Waals surface area contributed by atoms with E-state index in [0.29, 0.717) is 5.69 Å². The van der Waals surface area contributed by atoms with Crippen LogP contribution >= 0.6 is 0 Å². The second kappa shape index (κ2) is 7.07. The summed E-state index contributed by atoms with van der Waals surface area (Å²) in [7, 11) is 0. The smallest absolute Gasteiger partial charge is 0.179 e. The lowest BCUT2D eigenvalue weighted by molar-refractivity contribution is 0.0951. The molecule has 1 rings (SSSR count). The summed E-state index contributed by atoms with van der Waals surface area (Å²) >= 11 is 0. The topological polar surface area (TPSA) is 55.1 Å². The van der Waals surface area contributed by atoms with Crippen molar-refractivity contribution in [2.45, 2.75) is 39.2 Å². The maximum Gasteiger partial charge on any atom is 0.179 e. The number of Topliss-reactive ketones (excluding diaryl/α,β-unsaturated/α-hetero) is 1. The second-order valence-electron chi connectivity index (χ2n) is 4.37. The average molecular weight is 234 g/mol. The van der Waals surface area contributed by atoms with Crippen LogP contribution in [-0.2, 0) is 0 Å². The second-order valence-corrected chi connectivity index (χ2v) is 4.37. The third-order valence-electron chi connectivity index (χ3n) is 2.82. The standard InChI is InChI=1S/C14H22N2O/c1-3-4-5-10-16-11(2)14(17)12-6-8-13(15)9-7-12/h6-9,11,16H,3-5,10,15H2,1-2H3. The Hall–Kier alpha value is -1.35. The van der Waals surface area contributed by atoms with Gasteiger partial charge in [0.1, 0.15) is 0 Å². The minimum Gasteiger partial charge on any atom is -0.399 e. The quantitative estimate of drug-likeness (QED) is 0.433. The van der Waals surface area contributed by atoms with Crippen LogP contribution in [0.15, 0.2) is 24.3 Å². The average Bonchev–Trinajstić information content (AvgIpc) is 2.34. The number of carbonyl (C=O) groups excluding carboxylic acids is 1. The van der Waals surface area contributed by atoms with Crippen LogP contribution < -0.4 is 11.1 Å². The van der Waals surface area contributed by atoms with Crippen molar-refractivity contribution in [3.05, 3.63) is 29.8 Å². The van der Waals surface area contributed by atoms with Crippen LogP contribution in [0.25, 0.3) is 0 Å². The number of nitrogens with one attached hydrogen (secondary N) is 1. The van der Waals surface area contributed by atoms with E-state index in [1.54, 1.807) is 24.3 Å². The van der Waals surface area contributed by atoms with Gasteiger partial charge in [0.2, 0.25) is 0 Å². The first kappa shape index (κ1) is 13.7. The predicted octanol–water partition coefficient (Wildman–Crippen LogP) is 2.62. The molecule has 0 aliphatic rings. The maximum atomic E-state index is 12.0. The Kier molecular flexibility index (Phi) is 5.70. The van der Waals surface area contributed by atoms with Crippen LogP contribution in [0.4, 0.5) is 5.69 Å². The SMILES string of the molecule is CCCCCNC(C)C(=O)c1ccc(N)cc1. The third-order valence-corrected chi connectivity index (χ3v) is 2.82. The van der Waals surface area contributed by atoms with Gasteiger partial charge in [-0.05, 0) is 44.2 Å². The minimum absolute atomic E-state index is 0.126. The van der Waals surface area contributed by atoms with Gasteiger partial charge in [-0.1, -0.05) is 19.8 Å². The van der Waals surface area contributed by atoms with Gasteiger partial charge in [0.25, 0.3) is 0 Å². The number of hydrogen-bond acceptors (Lipinski definition) is 3. The molecule has 1 aromatic rings. The van der Waals surface area contributed by atoms with E-state index in [-0.39, 0.29) is 11.8 Å². The van der Waals surface area contributed by atoms with Gasteiger partial charge in [0, 0.05) is 11.3 Å². The van der Waals surface area contributed by atoms with E-state index < -0.39 is 0 Å². The number of nitrogens with two attached hydrogens (primary N) is 1. The number of rotatable bonds is 7. The molecule has 0 saturated heterocycles. The number of ketones is 1. The molecule has 1 aromatic carbocycles. The van der Waals surface area contributed by atoms with Crippen LogP contribution in [0.2, 0.25) is 0 Å². The summed E-state index contributed by atoms with van der Waals surface area (Å²) in [6, 6.07) is 6.95. The Balaban J connectivity index is 2.43. The van der Waals surface area contributed by atoms with Crippen LogP contribution in [0, 0.1) is 0 Å². The summed E-state index contributed by atoms with van der Waals surface area (Å²) in [4.78, 5) is 12.0. The fourth-order valence-electron chi connectivity index (χ4n) is 1.68. The highest BCUT2D eigenvalue weighted by Crippen LogP contribution is 2.08. The molecule has 0 radical (unpaired) electrons. The highest BCUT2D eigenvalue weighted by molar-refractivity contribution is 6.00. The van der Waals surface area contributed by atoms with Crippen molar-refractivity contribution in [2.24, 2.45) is 0 Å². The van der Waals surface area contributed by atoms with Gasteiger partial charge in [-0.2, -0.15) is 0 Å². The van der Waals surface area contributed by atoms with Gasteiger partial charge < -0.3 is 11.1 Å². The first-order valence-corrected chi connectivity index (χ1v) is 6.28. The number of hydrogen-bond donors (Lipinski definition) is 2. The monoisotopic (exact) mass is 234 g/mol. The highest BCUT2D eigenvalue weighted by atomic mass is 16.1. The van der Waals surface area contributed by atoms with Gasteiger partial charge in [-0.3, -0.25) is 4.79 Å². The molecule has 1 unspecified atom stereocenters. The normalized spacial score (nSPS) is 12.4. The fourth-order valence-corrected chi connectivity index (χ4v) is 1.68. The van der Waals surface area contributed by atoms with Gasteiger partial charge in [-0.25, -0.2) is 0 Å². The minimum atomic E-state index is -0.129. The lowest BCUT2D eigenvalue weighted by Crippen LogP contribution is -2.34. The van der Waals surface area contributed by atoms with E-state index >= 15 is 0 Å². The Morgan fingerprint density at radius 2 is 1.94 bits per heavy atom. The molecule has 0 amide bonds. The van der Waals surface area contributed by atoms with E-state index in [1.165, 1.54) is 12.8 Å². The van der Waals surface area contributed by atoms with Gasteiger partial charge >= 0.3 is 0 Å². The molecule has 0 aliphatic heterocycles. The van der Waals surface area contributed by atoms with Crippen LogP contribution in [0.5, 0.6) is 0 Å². The number of nitrogen functional groups attached to an aromatic ring is 1. The summed E-state index contributed by atoms with van der Waals surface area (Å²) in [6.45, 7) is 4.98. The number of carbonyl (C=O) groups is 1. The zero-order valence-electron chi connectivity index (χ0n) is 10.7. The molecule has 17 heavy (non-hydrogen) atoms. The summed E-state index contributed by atoms with van der Waals surface area (Å²) in [6.07, 6.45) is 3.52. The van der Waals surface area contributed by atoms with Gasteiger partial charge in [-0.15, -0.1) is 0 Å². The molecule has 0 bridgehead atoms. The summed E-state index contributed by atoms with van der Waals surface area (Å²) < 4.78 is 0. The lowest BCUT2D eigenvalue weighted by atomic mass is 10.0. The largest absolute Gasteiger partial charge is 0.399 e. The molecule has 1 atom stereocenters. The fraction of sp³-hybridized carbons (Fsp3) is 0.500. The first-order chi connectivity index (χ1) is 8.15. The Labute approximate surface area is 103 Å². The first-order valence-electron chi connectivity index (χ1n) is 6.28. The molecule has 0 aliphatic carbocycles. The number of anilines is 1. The Bertz CT molecular complexity index is 346. The molecule has 3 N–H and O–H groups in total. The predicted molar refractivity (Wildman–Crippen MR) is 72.2 cm³/mol. The molecule has 3 nitrogen and oxygen atoms in total. The molecule has 0 spiro atoms. The van der Waals surface area contributed by atoms with E-state index in [2.05, 4.69) is 12.2 Å². The zero-order valence-corrected chi connectivity index (χ0v) is 10.7. The zero-order chi connectivity index (χ0) is 12.7. The molecule has 94 valence electrons. The Morgan fingerprint density at radius 1 is 1.29 bits per heavy atom. The molecule has 0 heterocycles. The Morgan fingerprint density at radius 3 is 2.53 bits per heavy atom. The van der Waals surface area contributed by atoms with E-state index in [9.17, 15) is 4.79 Å². The van der Waals surface area contributed by atoms with Gasteiger partial charge in [0.05, 0.1) is 6.04 Å². The lowest BCUT2D eigenvalue weighted by Gasteiger charge is -2.12. The molecular formula is C14H22N2O. The summed E-state index contributed by atoms with van der Waals surface area (Å²) in [5.74, 6) is 0.126. The van der Waals surface area contributed by atoms with Crippen LogP contribution in [0.3, 0.4) is 0 Å². The molecule has 0 fully saturated rings. The van der Waals surface area contributed by atoms with Crippen molar-refractivity contribution < 1.29 is 4.79 Å².